The maximum Gasteiger partial charge on any atom is 0.338 e. The Hall–Kier alpha value is -3.55. The zero-order valence-corrected chi connectivity index (χ0v) is 17.0. The van der Waals surface area contributed by atoms with E-state index >= 15 is 0 Å². The number of amides is 2. The monoisotopic (exact) mass is 414 g/mol. The predicted octanol–water partition coefficient (Wildman–Crippen LogP) is 3.60. The number of urea groups is 1. The summed E-state index contributed by atoms with van der Waals surface area (Å²) in [5, 5.41) is 5.32. The fraction of sp³-hybridized carbons (Fsp3) is 0.273. The van der Waals surface area contributed by atoms with Crippen LogP contribution in [0.4, 0.5) is 9.18 Å². The molecule has 0 radical (unpaired) electrons. The van der Waals surface area contributed by atoms with Crippen LogP contribution in [-0.4, -0.2) is 25.7 Å². The lowest BCUT2D eigenvalue weighted by atomic mass is 9.95. The maximum atomic E-state index is 13.8. The second-order valence-corrected chi connectivity index (χ2v) is 6.58. The van der Waals surface area contributed by atoms with Crippen molar-refractivity contribution in [1.29, 1.82) is 0 Å². The largest absolute Gasteiger partial charge is 0.493 e. The number of allylic oxidation sites excluding steroid dienone is 1. The molecule has 0 bridgehead atoms. The number of methoxy groups -OCH3 is 1. The van der Waals surface area contributed by atoms with Gasteiger partial charge < -0.3 is 24.8 Å². The summed E-state index contributed by atoms with van der Waals surface area (Å²) in [6.07, 6.45) is 0. The van der Waals surface area contributed by atoms with E-state index in [1.165, 1.54) is 13.2 Å². The van der Waals surface area contributed by atoms with Gasteiger partial charge in [-0.2, -0.15) is 0 Å². The summed E-state index contributed by atoms with van der Waals surface area (Å²) in [7, 11) is 1.48. The van der Waals surface area contributed by atoms with Gasteiger partial charge in [0.1, 0.15) is 12.4 Å². The van der Waals surface area contributed by atoms with Crippen molar-refractivity contribution in [3.63, 3.8) is 0 Å². The van der Waals surface area contributed by atoms with Crippen molar-refractivity contribution < 1.29 is 28.2 Å². The second-order valence-electron chi connectivity index (χ2n) is 6.58. The lowest BCUT2D eigenvalue weighted by Gasteiger charge is -2.28. The van der Waals surface area contributed by atoms with Gasteiger partial charge in [0.25, 0.3) is 0 Å². The van der Waals surface area contributed by atoms with Crippen molar-refractivity contribution in [1.82, 2.24) is 10.6 Å². The third-order valence-electron chi connectivity index (χ3n) is 4.63. The number of halogens is 1. The second kappa shape index (κ2) is 9.30. The normalized spacial score (nSPS) is 15.9. The van der Waals surface area contributed by atoms with Crippen LogP contribution in [0.25, 0.3) is 0 Å². The molecule has 1 aliphatic heterocycles. The molecule has 0 aromatic heterocycles. The summed E-state index contributed by atoms with van der Waals surface area (Å²) >= 11 is 0. The fourth-order valence-electron chi connectivity index (χ4n) is 3.18. The van der Waals surface area contributed by atoms with E-state index in [0.717, 1.165) is 0 Å². The Labute approximate surface area is 173 Å². The highest BCUT2D eigenvalue weighted by Crippen LogP contribution is 2.35. The van der Waals surface area contributed by atoms with Crippen LogP contribution in [0.3, 0.4) is 0 Å². The number of benzene rings is 2. The molecular weight excluding hydrogens is 391 g/mol. The molecule has 7 nitrogen and oxygen atoms in total. The molecule has 158 valence electrons. The highest BCUT2D eigenvalue weighted by Gasteiger charge is 2.32. The van der Waals surface area contributed by atoms with Crippen molar-refractivity contribution >= 4 is 12.0 Å². The summed E-state index contributed by atoms with van der Waals surface area (Å²) in [5.74, 6) is -0.0859. The molecule has 8 heteroatoms. The SMILES string of the molecule is CCOC(=O)C1=C(C)NC(=O)NC1c1ccc(OCc2ccccc2F)c(OC)c1. The molecule has 1 aliphatic rings. The molecule has 30 heavy (non-hydrogen) atoms. The van der Waals surface area contributed by atoms with E-state index in [1.807, 2.05) is 0 Å². The number of ether oxygens (including phenoxy) is 3. The van der Waals surface area contributed by atoms with Crippen molar-refractivity contribution in [3.8, 4) is 11.5 Å². The van der Waals surface area contributed by atoms with E-state index < -0.39 is 18.0 Å². The summed E-state index contributed by atoms with van der Waals surface area (Å²) in [6.45, 7) is 3.59. The van der Waals surface area contributed by atoms with Crippen molar-refractivity contribution in [2.24, 2.45) is 0 Å². The Morgan fingerprint density at radius 1 is 1.17 bits per heavy atom. The first-order valence-corrected chi connectivity index (χ1v) is 9.44. The zero-order valence-electron chi connectivity index (χ0n) is 17.0. The lowest BCUT2D eigenvalue weighted by molar-refractivity contribution is -0.139. The van der Waals surface area contributed by atoms with Crippen LogP contribution in [0.2, 0.25) is 0 Å². The maximum absolute atomic E-state index is 13.8. The highest BCUT2D eigenvalue weighted by molar-refractivity contribution is 5.95. The number of hydrogen-bond donors (Lipinski definition) is 2. The molecule has 2 amide bonds. The summed E-state index contributed by atoms with van der Waals surface area (Å²) < 4.78 is 30.1. The highest BCUT2D eigenvalue weighted by atomic mass is 19.1. The first-order valence-electron chi connectivity index (χ1n) is 9.44. The zero-order chi connectivity index (χ0) is 21.7. The number of hydrogen-bond acceptors (Lipinski definition) is 5. The van der Waals surface area contributed by atoms with Gasteiger partial charge in [0.2, 0.25) is 0 Å². The van der Waals surface area contributed by atoms with E-state index in [-0.39, 0.29) is 19.0 Å². The Kier molecular flexibility index (Phi) is 6.56. The van der Waals surface area contributed by atoms with Gasteiger partial charge in [-0.1, -0.05) is 24.3 Å². The standard InChI is InChI=1S/C22H23FN2O5/c1-4-29-21(26)19-13(2)24-22(27)25-20(19)14-9-10-17(18(11-14)28-3)30-12-15-7-5-6-8-16(15)23/h5-11,20H,4,12H2,1-3H3,(H2,24,25,27). The van der Waals surface area contributed by atoms with Crippen molar-refractivity contribution in [3.05, 3.63) is 70.7 Å². The molecule has 2 aromatic rings. The summed E-state index contributed by atoms with van der Waals surface area (Å²) in [6, 6.07) is 10.2. The van der Waals surface area contributed by atoms with E-state index in [2.05, 4.69) is 10.6 Å². The number of carbonyl (C=O) groups excluding carboxylic acids is 2. The van der Waals surface area contributed by atoms with Gasteiger partial charge in [0.15, 0.2) is 11.5 Å². The fourth-order valence-corrected chi connectivity index (χ4v) is 3.18. The van der Waals surface area contributed by atoms with Crippen LogP contribution >= 0.6 is 0 Å². The molecule has 0 aliphatic carbocycles. The third-order valence-corrected chi connectivity index (χ3v) is 4.63. The predicted molar refractivity (Wildman–Crippen MR) is 107 cm³/mol. The third kappa shape index (κ3) is 4.53. The topological polar surface area (TPSA) is 85.9 Å². The van der Waals surface area contributed by atoms with Gasteiger partial charge in [-0.15, -0.1) is 0 Å². The minimum atomic E-state index is -0.715. The molecule has 2 aromatic carbocycles. The molecule has 3 rings (SSSR count). The molecule has 0 spiro atoms. The quantitative estimate of drug-likeness (QED) is 0.676. The van der Waals surface area contributed by atoms with Crippen molar-refractivity contribution in [2.45, 2.75) is 26.5 Å². The van der Waals surface area contributed by atoms with Crippen LogP contribution in [0.15, 0.2) is 53.7 Å². The molecule has 1 unspecified atom stereocenters. The number of rotatable bonds is 7. The summed E-state index contributed by atoms with van der Waals surface area (Å²) in [5.41, 5.74) is 1.75. The Morgan fingerprint density at radius 2 is 1.93 bits per heavy atom. The Bertz CT molecular complexity index is 989. The Balaban J connectivity index is 1.89. The lowest BCUT2D eigenvalue weighted by Crippen LogP contribution is -2.45. The summed E-state index contributed by atoms with van der Waals surface area (Å²) in [4.78, 5) is 24.4. The van der Waals surface area contributed by atoms with Gasteiger partial charge in [-0.3, -0.25) is 0 Å². The minimum Gasteiger partial charge on any atom is -0.493 e. The average Bonchev–Trinajstić information content (AvgIpc) is 2.72. The molecule has 0 saturated carbocycles. The minimum absolute atomic E-state index is 0.0273. The first-order chi connectivity index (χ1) is 14.4. The van der Waals surface area contributed by atoms with Crippen LogP contribution in [0.1, 0.15) is 31.0 Å². The molecular formula is C22H23FN2O5. The van der Waals surface area contributed by atoms with E-state index in [4.69, 9.17) is 14.2 Å². The number of carbonyl (C=O) groups is 2. The van der Waals surface area contributed by atoms with Crippen LogP contribution in [-0.2, 0) is 16.1 Å². The van der Waals surface area contributed by atoms with E-state index in [0.29, 0.717) is 33.9 Å². The number of esters is 1. The van der Waals surface area contributed by atoms with Gasteiger partial charge in [0.05, 0.1) is 25.3 Å². The first kappa shape index (κ1) is 21.2. The molecule has 1 atom stereocenters. The van der Waals surface area contributed by atoms with E-state index in [9.17, 15) is 14.0 Å². The van der Waals surface area contributed by atoms with Gasteiger partial charge in [0, 0.05) is 11.3 Å². The Morgan fingerprint density at radius 3 is 2.63 bits per heavy atom. The van der Waals surface area contributed by atoms with Gasteiger partial charge >= 0.3 is 12.0 Å². The van der Waals surface area contributed by atoms with Crippen LogP contribution in [0, 0.1) is 5.82 Å². The molecule has 0 fully saturated rings. The van der Waals surface area contributed by atoms with Gasteiger partial charge in [-0.05, 0) is 37.6 Å². The average molecular weight is 414 g/mol. The molecule has 1 heterocycles. The smallest absolute Gasteiger partial charge is 0.338 e. The van der Waals surface area contributed by atoms with Crippen molar-refractivity contribution in [2.75, 3.05) is 13.7 Å². The molecule has 0 saturated heterocycles. The number of nitrogens with one attached hydrogen (secondary N) is 2. The van der Waals surface area contributed by atoms with Crippen LogP contribution in [0.5, 0.6) is 11.5 Å². The van der Waals surface area contributed by atoms with Crippen LogP contribution < -0.4 is 20.1 Å². The molecule has 2 N–H and O–H groups in total. The van der Waals surface area contributed by atoms with Gasteiger partial charge in [-0.25, -0.2) is 14.0 Å². The van der Waals surface area contributed by atoms with E-state index in [1.54, 1.807) is 50.2 Å².